The van der Waals surface area contributed by atoms with E-state index in [2.05, 4.69) is 10.5 Å². The third kappa shape index (κ3) is 4.73. The highest BCUT2D eigenvalue weighted by Crippen LogP contribution is 2.22. The van der Waals surface area contributed by atoms with Gasteiger partial charge in [-0.25, -0.2) is 18.2 Å². The Morgan fingerprint density at radius 1 is 1.06 bits per heavy atom. The molecule has 7 nitrogen and oxygen atoms in total. The smallest absolute Gasteiger partial charge is 0.271 e. The van der Waals surface area contributed by atoms with Gasteiger partial charge in [-0.05, 0) is 67.4 Å². The standard InChI is InChI=1S/C22H20FN3O4S/c23-18-8-6-16(7-9-18)21-11-10-19(30-21)15-24-25-22(27)17-4-3-5-20(14-17)31(28,29)26-12-1-2-13-26/h3-11,14-15H,1-2,12-13H2,(H,25,27)/b24-15+. The second-order valence-electron chi connectivity index (χ2n) is 7.05. The molecule has 0 aliphatic carbocycles. The molecule has 4 rings (SSSR count). The number of sulfonamides is 1. The average Bonchev–Trinajstić information content (AvgIpc) is 3.47. The normalized spacial score (nSPS) is 14.9. The maximum Gasteiger partial charge on any atom is 0.271 e. The summed E-state index contributed by atoms with van der Waals surface area (Å²) >= 11 is 0. The first kappa shape index (κ1) is 21.0. The van der Waals surface area contributed by atoms with Crippen LogP contribution in [0.4, 0.5) is 4.39 Å². The van der Waals surface area contributed by atoms with E-state index in [9.17, 15) is 17.6 Å². The molecule has 1 N–H and O–H groups in total. The number of hydrogen-bond acceptors (Lipinski definition) is 5. The molecule has 31 heavy (non-hydrogen) atoms. The number of nitrogens with zero attached hydrogens (tertiary/aromatic N) is 2. The summed E-state index contributed by atoms with van der Waals surface area (Å²) in [6.45, 7) is 0.984. The number of carbonyl (C=O) groups is 1. The summed E-state index contributed by atoms with van der Waals surface area (Å²) < 4.78 is 45.4. The Morgan fingerprint density at radius 2 is 1.81 bits per heavy atom. The monoisotopic (exact) mass is 441 g/mol. The van der Waals surface area contributed by atoms with Crippen molar-refractivity contribution in [2.75, 3.05) is 13.1 Å². The van der Waals surface area contributed by atoms with Gasteiger partial charge in [0.2, 0.25) is 10.0 Å². The van der Waals surface area contributed by atoms with E-state index in [0.717, 1.165) is 12.8 Å². The summed E-state index contributed by atoms with van der Waals surface area (Å²) in [5.41, 5.74) is 3.26. The van der Waals surface area contributed by atoms with Crippen LogP contribution < -0.4 is 5.43 Å². The van der Waals surface area contributed by atoms with E-state index < -0.39 is 15.9 Å². The first-order valence-corrected chi connectivity index (χ1v) is 11.2. The van der Waals surface area contributed by atoms with Gasteiger partial charge in [-0.1, -0.05) is 6.07 Å². The van der Waals surface area contributed by atoms with Crippen molar-refractivity contribution in [3.05, 3.63) is 77.8 Å². The fourth-order valence-corrected chi connectivity index (χ4v) is 4.85. The minimum atomic E-state index is -3.61. The molecule has 1 aliphatic rings. The zero-order chi connectivity index (χ0) is 21.8. The zero-order valence-corrected chi connectivity index (χ0v) is 17.3. The SMILES string of the molecule is O=C(N/N=C/c1ccc(-c2ccc(F)cc2)o1)c1cccc(S(=O)(=O)N2CCCC2)c1. The van der Waals surface area contributed by atoms with Gasteiger partial charge in [-0.2, -0.15) is 9.41 Å². The van der Waals surface area contributed by atoms with Crippen LogP contribution in [0.2, 0.25) is 0 Å². The number of hydrogen-bond donors (Lipinski definition) is 1. The van der Waals surface area contributed by atoms with Crippen LogP contribution in [0.1, 0.15) is 29.0 Å². The molecule has 0 saturated carbocycles. The Bertz CT molecular complexity index is 1210. The van der Waals surface area contributed by atoms with E-state index in [0.29, 0.717) is 30.2 Å². The van der Waals surface area contributed by atoms with Crippen LogP contribution in [0.15, 0.2) is 75.1 Å². The quantitative estimate of drug-likeness (QED) is 0.467. The van der Waals surface area contributed by atoms with Crippen molar-refractivity contribution in [3.63, 3.8) is 0 Å². The van der Waals surface area contributed by atoms with E-state index in [4.69, 9.17) is 4.42 Å². The molecule has 1 aliphatic heterocycles. The van der Waals surface area contributed by atoms with Crippen LogP contribution in [0.25, 0.3) is 11.3 Å². The van der Waals surface area contributed by atoms with Gasteiger partial charge in [0, 0.05) is 24.2 Å². The van der Waals surface area contributed by atoms with Crippen LogP contribution in [-0.4, -0.2) is 37.9 Å². The number of furan rings is 1. The molecule has 0 radical (unpaired) electrons. The van der Waals surface area contributed by atoms with Crippen LogP contribution in [0.5, 0.6) is 0 Å². The number of carbonyl (C=O) groups excluding carboxylic acids is 1. The fourth-order valence-electron chi connectivity index (χ4n) is 3.29. The molecular weight excluding hydrogens is 421 g/mol. The van der Waals surface area contributed by atoms with Crippen molar-refractivity contribution in [1.82, 2.24) is 9.73 Å². The molecule has 0 bridgehead atoms. The Balaban J connectivity index is 1.42. The van der Waals surface area contributed by atoms with Gasteiger partial charge in [0.05, 0.1) is 11.1 Å². The summed E-state index contributed by atoms with van der Waals surface area (Å²) in [4.78, 5) is 12.5. The van der Waals surface area contributed by atoms with Gasteiger partial charge in [-0.15, -0.1) is 0 Å². The second kappa shape index (κ2) is 8.83. The zero-order valence-electron chi connectivity index (χ0n) is 16.5. The predicted molar refractivity (Wildman–Crippen MR) is 114 cm³/mol. The van der Waals surface area contributed by atoms with Gasteiger partial charge >= 0.3 is 0 Å². The lowest BCUT2D eigenvalue weighted by Gasteiger charge is -2.15. The van der Waals surface area contributed by atoms with E-state index >= 15 is 0 Å². The van der Waals surface area contributed by atoms with Gasteiger partial charge in [0.15, 0.2) is 0 Å². The second-order valence-corrected chi connectivity index (χ2v) is 8.98. The molecule has 2 heterocycles. The molecule has 0 atom stereocenters. The molecule has 2 aromatic carbocycles. The van der Waals surface area contributed by atoms with E-state index in [1.165, 1.54) is 46.9 Å². The molecule has 1 saturated heterocycles. The van der Waals surface area contributed by atoms with E-state index in [-0.39, 0.29) is 16.3 Å². The summed E-state index contributed by atoms with van der Waals surface area (Å²) in [5, 5.41) is 3.87. The number of rotatable bonds is 6. The highest BCUT2D eigenvalue weighted by molar-refractivity contribution is 7.89. The summed E-state index contributed by atoms with van der Waals surface area (Å²) in [6, 6.07) is 15.1. The largest absolute Gasteiger partial charge is 0.455 e. The minimum absolute atomic E-state index is 0.0843. The lowest BCUT2D eigenvalue weighted by molar-refractivity contribution is 0.0955. The van der Waals surface area contributed by atoms with Crippen LogP contribution in [-0.2, 0) is 10.0 Å². The first-order valence-electron chi connectivity index (χ1n) is 9.73. The number of hydrazone groups is 1. The molecule has 0 unspecified atom stereocenters. The van der Waals surface area contributed by atoms with Crippen molar-refractivity contribution in [2.45, 2.75) is 17.7 Å². The van der Waals surface area contributed by atoms with Crippen molar-refractivity contribution in [3.8, 4) is 11.3 Å². The third-order valence-electron chi connectivity index (χ3n) is 4.91. The summed E-state index contributed by atoms with van der Waals surface area (Å²) in [7, 11) is -3.61. The van der Waals surface area contributed by atoms with Crippen molar-refractivity contribution >= 4 is 22.1 Å². The fraction of sp³-hybridized carbons (Fsp3) is 0.182. The maximum atomic E-state index is 13.0. The summed E-state index contributed by atoms with van der Waals surface area (Å²) in [6.07, 6.45) is 3.00. The van der Waals surface area contributed by atoms with E-state index in [1.807, 2.05) is 0 Å². The topological polar surface area (TPSA) is 92.0 Å². The van der Waals surface area contributed by atoms with E-state index in [1.54, 1.807) is 24.3 Å². The molecule has 1 aromatic heterocycles. The molecule has 1 fully saturated rings. The Morgan fingerprint density at radius 3 is 2.55 bits per heavy atom. The van der Waals surface area contributed by atoms with Crippen molar-refractivity contribution in [1.29, 1.82) is 0 Å². The van der Waals surface area contributed by atoms with Crippen LogP contribution >= 0.6 is 0 Å². The van der Waals surface area contributed by atoms with Crippen LogP contribution in [0, 0.1) is 5.82 Å². The first-order chi connectivity index (χ1) is 14.9. The Labute approximate surface area is 179 Å². The van der Waals surface area contributed by atoms with Gasteiger partial charge in [-0.3, -0.25) is 4.79 Å². The molecular formula is C22H20FN3O4S. The van der Waals surface area contributed by atoms with Gasteiger partial charge < -0.3 is 4.42 Å². The molecule has 9 heteroatoms. The van der Waals surface area contributed by atoms with Gasteiger partial charge in [0.1, 0.15) is 17.3 Å². The number of benzene rings is 2. The Kier molecular flexibility index (Phi) is 5.97. The highest BCUT2D eigenvalue weighted by Gasteiger charge is 2.27. The number of nitrogens with one attached hydrogen (secondary N) is 1. The van der Waals surface area contributed by atoms with Crippen molar-refractivity contribution < 1.29 is 22.0 Å². The molecule has 1 amide bonds. The lowest BCUT2D eigenvalue weighted by Crippen LogP contribution is -2.28. The minimum Gasteiger partial charge on any atom is -0.455 e. The summed E-state index contributed by atoms with van der Waals surface area (Å²) in [5.74, 6) is 0.0507. The average molecular weight is 441 g/mol. The molecule has 0 spiro atoms. The number of halogens is 1. The lowest BCUT2D eigenvalue weighted by atomic mass is 10.2. The molecule has 3 aromatic rings. The van der Waals surface area contributed by atoms with Crippen LogP contribution in [0.3, 0.4) is 0 Å². The molecule has 160 valence electrons. The predicted octanol–water partition coefficient (Wildman–Crippen LogP) is 3.63. The Hall–Kier alpha value is -3.30. The van der Waals surface area contributed by atoms with Gasteiger partial charge in [0.25, 0.3) is 5.91 Å². The highest BCUT2D eigenvalue weighted by atomic mass is 32.2. The maximum absolute atomic E-state index is 13.0. The number of amides is 1. The third-order valence-corrected chi connectivity index (χ3v) is 6.81. The van der Waals surface area contributed by atoms with Crippen molar-refractivity contribution in [2.24, 2.45) is 5.10 Å².